The third-order valence-electron chi connectivity index (χ3n) is 5.09. The first-order valence-corrected chi connectivity index (χ1v) is 10.7. The van der Waals surface area contributed by atoms with Gasteiger partial charge in [-0.3, -0.25) is 4.79 Å². The molecule has 0 saturated carbocycles. The van der Waals surface area contributed by atoms with Gasteiger partial charge in [0.2, 0.25) is 0 Å². The molecule has 1 N–H and O–H groups in total. The van der Waals surface area contributed by atoms with Crippen LogP contribution in [0.2, 0.25) is 5.02 Å². The molecule has 33 heavy (non-hydrogen) atoms. The third kappa shape index (κ3) is 6.65. The zero-order valence-corrected chi connectivity index (χ0v) is 19.3. The Morgan fingerprint density at radius 2 is 1.36 bits per heavy atom. The molecule has 0 bridgehead atoms. The van der Waals surface area contributed by atoms with E-state index >= 15 is 0 Å². The number of hydrogen-bond acceptors (Lipinski definition) is 3. The van der Waals surface area contributed by atoms with E-state index in [0.29, 0.717) is 28.4 Å². The molecule has 1 atom stereocenters. The molecule has 0 radical (unpaired) electrons. The molecule has 0 saturated heterocycles. The highest BCUT2D eigenvalue weighted by molar-refractivity contribution is 6.30. The van der Waals surface area contributed by atoms with E-state index in [1.807, 2.05) is 47.3 Å². The summed E-state index contributed by atoms with van der Waals surface area (Å²) in [6, 6.07) is 27.9. The third-order valence-corrected chi connectivity index (χ3v) is 5.34. The molecule has 3 aromatic carbocycles. The van der Waals surface area contributed by atoms with Crippen LogP contribution in [0.3, 0.4) is 0 Å². The fourth-order valence-electron chi connectivity index (χ4n) is 3.36. The molecule has 6 heteroatoms. The van der Waals surface area contributed by atoms with Crippen LogP contribution in [-0.2, 0) is 6.54 Å². The molecule has 4 aromatic rings. The van der Waals surface area contributed by atoms with Crippen molar-refractivity contribution in [2.24, 2.45) is 0 Å². The Bertz CT molecular complexity index is 1160. The van der Waals surface area contributed by atoms with Crippen LogP contribution < -0.4 is 21.7 Å². The molecular weight excluding hydrogens is 457 g/mol. The number of aromatic nitrogens is 1. The maximum Gasteiger partial charge on any atom is 0.193 e. The predicted octanol–water partition coefficient (Wildman–Crippen LogP) is 1.97. The SMILES string of the molecule is O=C(c1ccc(Cl)cc1)c1ccc(OCC(O)C[n+]2ccc(-c3ccccc3)cc2)cc1.[Cl-]. The second kappa shape index (κ2) is 11.6. The van der Waals surface area contributed by atoms with Crippen molar-refractivity contribution < 1.29 is 31.6 Å². The van der Waals surface area contributed by atoms with Crippen LogP contribution in [0.25, 0.3) is 11.1 Å². The van der Waals surface area contributed by atoms with Crippen molar-refractivity contribution in [2.75, 3.05) is 6.61 Å². The van der Waals surface area contributed by atoms with Crippen LogP contribution in [0.15, 0.2) is 103 Å². The number of rotatable bonds is 8. The number of halogens is 2. The molecule has 168 valence electrons. The molecule has 4 rings (SSSR count). The summed E-state index contributed by atoms with van der Waals surface area (Å²) in [5, 5.41) is 10.9. The standard InChI is InChI=1S/C27H23ClNO3.ClH/c28-24-10-6-22(7-11-24)27(31)23-8-12-26(13-9-23)32-19-25(30)18-29-16-14-21(15-17-29)20-4-2-1-3-5-20;/h1-17,25,30H,18-19H2;1H/q+1;/p-1. The molecule has 1 aromatic heterocycles. The predicted molar refractivity (Wildman–Crippen MR) is 125 cm³/mol. The number of ketones is 1. The lowest BCUT2D eigenvalue weighted by atomic mass is 10.0. The van der Waals surface area contributed by atoms with Gasteiger partial charge in [-0.05, 0) is 59.7 Å². The maximum absolute atomic E-state index is 12.5. The summed E-state index contributed by atoms with van der Waals surface area (Å²) in [4.78, 5) is 12.5. The van der Waals surface area contributed by atoms with Gasteiger partial charge < -0.3 is 22.3 Å². The van der Waals surface area contributed by atoms with Crippen LogP contribution in [-0.4, -0.2) is 23.6 Å². The quantitative estimate of drug-likeness (QED) is 0.310. The van der Waals surface area contributed by atoms with Crippen molar-refractivity contribution in [3.05, 3.63) is 120 Å². The van der Waals surface area contributed by atoms with Crippen molar-refractivity contribution in [1.82, 2.24) is 0 Å². The average Bonchev–Trinajstić information content (AvgIpc) is 2.84. The number of ether oxygens (including phenoxy) is 1. The van der Waals surface area contributed by atoms with Crippen molar-refractivity contribution >= 4 is 17.4 Å². The van der Waals surface area contributed by atoms with Gasteiger partial charge in [-0.25, -0.2) is 4.57 Å². The van der Waals surface area contributed by atoms with Crippen LogP contribution in [0.5, 0.6) is 5.75 Å². The van der Waals surface area contributed by atoms with Crippen molar-refractivity contribution in [2.45, 2.75) is 12.6 Å². The zero-order valence-electron chi connectivity index (χ0n) is 17.8. The highest BCUT2D eigenvalue weighted by Gasteiger charge is 2.13. The summed E-state index contributed by atoms with van der Waals surface area (Å²) in [5.74, 6) is 0.518. The summed E-state index contributed by atoms with van der Waals surface area (Å²) in [6.45, 7) is 0.570. The molecular formula is C27H23Cl2NO3. The second-order valence-electron chi connectivity index (χ2n) is 7.47. The van der Waals surface area contributed by atoms with E-state index in [1.165, 1.54) is 0 Å². The lowest BCUT2D eigenvalue weighted by Gasteiger charge is -2.11. The highest BCUT2D eigenvalue weighted by Crippen LogP contribution is 2.18. The fourth-order valence-corrected chi connectivity index (χ4v) is 3.49. The minimum Gasteiger partial charge on any atom is -1.00 e. The highest BCUT2D eigenvalue weighted by atomic mass is 35.5. The van der Waals surface area contributed by atoms with E-state index in [4.69, 9.17) is 16.3 Å². The average molecular weight is 480 g/mol. The lowest BCUT2D eigenvalue weighted by molar-refractivity contribution is -0.703. The van der Waals surface area contributed by atoms with E-state index in [-0.39, 0.29) is 24.8 Å². The molecule has 0 aliphatic heterocycles. The van der Waals surface area contributed by atoms with E-state index in [0.717, 1.165) is 11.1 Å². The van der Waals surface area contributed by atoms with Crippen LogP contribution in [0.1, 0.15) is 15.9 Å². The summed E-state index contributed by atoms with van der Waals surface area (Å²) in [6.07, 6.45) is 3.23. The second-order valence-corrected chi connectivity index (χ2v) is 7.91. The Morgan fingerprint density at radius 1 is 0.818 bits per heavy atom. The van der Waals surface area contributed by atoms with E-state index in [1.54, 1.807) is 48.5 Å². The Morgan fingerprint density at radius 3 is 1.97 bits per heavy atom. The van der Waals surface area contributed by atoms with Gasteiger partial charge in [0.15, 0.2) is 24.7 Å². The van der Waals surface area contributed by atoms with E-state index in [9.17, 15) is 9.90 Å². The van der Waals surface area contributed by atoms with Crippen LogP contribution in [0, 0.1) is 0 Å². The number of benzene rings is 3. The first-order valence-electron chi connectivity index (χ1n) is 10.3. The number of aliphatic hydroxyl groups excluding tert-OH is 1. The first-order chi connectivity index (χ1) is 15.6. The van der Waals surface area contributed by atoms with Gasteiger partial charge in [0.05, 0.1) is 0 Å². The van der Waals surface area contributed by atoms with Gasteiger partial charge >= 0.3 is 0 Å². The normalized spacial score (nSPS) is 11.3. The molecule has 4 nitrogen and oxygen atoms in total. The van der Waals surface area contributed by atoms with Crippen LogP contribution in [0.4, 0.5) is 0 Å². The molecule has 0 amide bonds. The molecule has 1 unspecified atom stereocenters. The van der Waals surface area contributed by atoms with Gasteiger partial charge in [0.25, 0.3) is 0 Å². The molecule has 0 spiro atoms. The Hall–Kier alpha value is -3.18. The zero-order chi connectivity index (χ0) is 22.3. The molecule has 0 fully saturated rings. The van der Waals surface area contributed by atoms with Crippen molar-refractivity contribution in [1.29, 1.82) is 0 Å². The number of carbonyl (C=O) groups excluding carboxylic acids is 1. The Balaban J connectivity index is 0.00000306. The number of aliphatic hydroxyl groups is 1. The van der Waals surface area contributed by atoms with Crippen molar-refractivity contribution in [3.63, 3.8) is 0 Å². The van der Waals surface area contributed by atoms with Gasteiger partial charge in [0, 0.05) is 28.3 Å². The largest absolute Gasteiger partial charge is 1.00 e. The Kier molecular flexibility index (Phi) is 8.61. The number of pyridine rings is 1. The minimum absolute atomic E-state index is 0. The topological polar surface area (TPSA) is 50.4 Å². The Labute approximate surface area is 204 Å². The summed E-state index contributed by atoms with van der Waals surface area (Å²) >= 11 is 5.88. The van der Waals surface area contributed by atoms with Gasteiger partial charge in [-0.15, -0.1) is 0 Å². The van der Waals surface area contributed by atoms with Gasteiger partial charge in [-0.2, -0.15) is 0 Å². The first kappa shape index (κ1) is 24.5. The molecule has 0 aliphatic carbocycles. The summed E-state index contributed by atoms with van der Waals surface area (Å²) in [5.41, 5.74) is 3.42. The molecule has 0 aliphatic rings. The number of hydrogen-bond donors (Lipinski definition) is 1. The van der Waals surface area contributed by atoms with E-state index < -0.39 is 6.10 Å². The maximum atomic E-state index is 12.5. The summed E-state index contributed by atoms with van der Waals surface area (Å²) < 4.78 is 7.62. The monoisotopic (exact) mass is 479 g/mol. The number of carbonyl (C=O) groups is 1. The van der Waals surface area contributed by atoms with Crippen molar-refractivity contribution in [3.8, 4) is 16.9 Å². The smallest absolute Gasteiger partial charge is 0.193 e. The number of nitrogens with zero attached hydrogens (tertiary/aromatic N) is 1. The minimum atomic E-state index is -0.669. The summed E-state index contributed by atoms with van der Waals surface area (Å²) in [7, 11) is 0. The van der Waals surface area contributed by atoms with Crippen LogP contribution >= 0.6 is 11.6 Å². The van der Waals surface area contributed by atoms with Gasteiger partial charge in [0.1, 0.15) is 18.5 Å². The fraction of sp³-hybridized carbons (Fsp3) is 0.111. The van der Waals surface area contributed by atoms with Gasteiger partial charge in [-0.1, -0.05) is 41.9 Å². The van der Waals surface area contributed by atoms with E-state index in [2.05, 4.69) is 12.1 Å². The lowest BCUT2D eigenvalue weighted by Crippen LogP contribution is -3.00. The molecule has 1 heterocycles.